The molecule has 10 nitrogen and oxygen atoms in total. The summed E-state index contributed by atoms with van der Waals surface area (Å²) < 4.78 is 35.4. The van der Waals surface area contributed by atoms with Gasteiger partial charge in [-0.05, 0) is 30.3 Å². The third-order valence-electron chi connectivity index (χ3n) is 3.20. The van der Waals surface area contributed by atoms with Gasteiger partial charge < -0.3 is 14.8 Å². The number of carbonyl (C=O) groups is 1. The zero-order valence-corrected chi connectivity index (χ0v) is 15.3. The van der Waals surface area contributed by atoms with E-state index in [9.17, 15) is 23.3 Å². The minimum Gasteiger partial charge on any atom is -0.495 e. The van der Waals surface area contributed by atoms with Crippen LogP contribution in [0.25, 0.3) is 0 Å². The molecule has 0 aliphatic heterocycles. The quantitative estimate of drug-likeness (QED) is 0.515. The number of nitrogens with one attached hydrogen (secondary N) is 2. The molecular weight excluding hydrogens is 378 g/mol. The summed E-state index contributed by atoms with van der Waals surface area (Å²) >= 11 is 0. The van der Waals surface area contributed by atoms with Crippen molar-refractivity contribution >= 4 is 33.0 Å². The molecule has 1 amide bonds. The second kappa shape index (κ2) is 8.36. The van der Waals surface area contributed by atoms with Crippen LogP contribution in [0.3, 0.4) is 0 Å². The van der Waals surface area contributed by atoms with Crippen molar-refractivity contribution in [2.24, 2.45) is 0 Å². The van der Waals surface area contributed by atoms with E-state index < -0.39 is 20.9 Å². The molecule has 2 N–H and O–H groups in total. The number of sulfonamides is 1. The molecule has 0 heterocycles. The lowest BCUT2D eigenvalue weighted by Crippen LogP contribution is -2.20. The molecule has 0 aromatic heterocycles. The molecule has 0 bridgehead atoms. The monoisotopic (exact) mass is 395 g/mol. The van der Waals surface area contributed by atoms with Gasteiger partial charge in [0.1, 0.15) is 11.5 Å². The summed E-state index contributed by atoms with van der Waals surface area (Å²) in [6, 6.07) is 9.74. The summed E-state index contributed by atoms with van der Waals surface area (Å²) in [7, 11) is -2.14. The van der Waals surface area contributed by atoms with Gasteiger partial charge in [0, 0.05) is 17.8 Å². The molecule has 0 atom stereocenters. The van der Waals surface area contributed by atoms with Crippen LogP contribution < -0.4 is 19.5 Å². The lowest BCUT2D eigenvalue weighted by Gasteiger charge is -2.12. The molecule has 2 rings (SSSR count). The maximum atomic E-state index is 12.0. The highest BCUT2D eigenvalue weighted by Gasteiger charge is 2.11. The van der Waals surface area contributed by atoms with E-state index in [1.54, 1.807) is 0 Å². The average Bonchev–Trinajstić information content (AvgIpc) is 2.59. The van der Waals surface area contributed by atoms with E-state index in [0.29, 0.717) is 17.2 Å². The van der Waals surface area contributed by atoms with Crippen LogP contribution in [0.1, 0.15) is 0 Å². The van der Waals surface area contributed by atoms with Gasteiger partial charge in [-0.15, -0.1) is 0 Å². The van der Waals surface area contributed by atoms with Crippen LogP contribution >= 0.6 is 0 Å². The van der Waals surface area contributed by atoms with Crippen LogP contribution in [0.15, 0.2) is 42.5 Å². The molecule has 2 aromatic rings. The summed E-state index contributed by atoms with van der Waals surface area (Å²) in [6.07, 6.45) is 0.996. The van der Waals surface area contributed by atoms with Crippen molar-refractivity contribution in [1.29, 1.82) is 0 Å². The van der Waals surface area contributed by atoms with Crippen LogP contribution in [0.2, 0.25) is 0 Å². The first-order valence-corrected chi connectivity index (χ1v) is 9.40. The van der Waals surface area contributed by atoms with E-state index >= 15 is 0 Å². The number of hydrogen-bond acceptors (Lipinski definition) is 7. The highest BCUT2D eigenvalue weighted by molar-refractivity contribution is 7.92. The fraction of sp³-hybridized carbons (Fsp3) is 0.188. The molecule has 0 aliphatic carbocycles. The number of carbonyl (C=O) groups excluding carboxylic acids is 1. The van der Waals surface area contributed by atoms with Crippen LogP contribution in [0.5, 0.6) is 11.5 Å². The normalized spacial score (nSPS) is 10.7. The Hall–Kier alpha value is -3.34. The molecule has 0 spiro atoms. The van der Waals surface area contributed by atoms with Crippen molar-refractivity contribution in [3.05, 3.63) is 52.6 Å². The summed E-state index contributed by atoms with van der Waals surface area (Å²) in [4.78, 5) is 22.0. The lowest BCUT2D eigenvalue weighted by molar-refractivity contribution is -0.384. The van der Waals surface area contributed by atoms with Crippen molar-refractivity contribution in [3.63, 3.8) is 0 Å². The third kappa shape index (κ3) is 6.15. The van der Waals surface area contributed by atoms with Gasteiger partial charge in [-0.25, -0.2) is 8.42 Å². The Morgan fingerprint density at radius 1 is 1.19 bits per heavy atom. The van der Waals surface area contributed by atoms with Crippen molar-refractivity contribution in [2.75, 3.05) is 30.0 Å². The topological polar surface area (TPSA) is 137 Å². The number of ether oxygens (including phenoxy) is 2. The standard InChI is InChI=1S/C16H17N3O7S/c1-25-15-8-3-11(9-14(15)18-27(2,23)24)17-16(20)10-26-13-6-4-12(5-7-13)19(21)22/h3-9,18H,10H2,1-2H3,(H,17,20). The van der Waals surface area contributed by atoms with Crippen molar-refractivity contribution in [3.8, 4) is 11.5 Å². The molecule has 0 radical (unpaired) electrons. The number of benzene rings is 2. The molecule has 0 aliphatic rings. The number of hydrogen-bond donors (Lipinski definition) is 2. The number of anilines is 2. The first kappa shape index (κ1) is 20.0. The molecule has 144 valence electrons. The summed E-state index contributed by atoms with van der Waals surface area (Å²) in [5.74, 6) is 0.0919. The number of methoxy groups -OCH3 is 1. The maximum Gasteiger partial charge on any atom is 0.269 e. The fourth-order valence-electron chi connectivity index (χ4n) is 2.08. The van der Waals surface area contributed by atoms with E-state index in [-0.39, 0.29) is 18.0 Å². The number of non-ortho nitro benzene ring substituents is 1. The van der Waals surface area contributed by atoms with E-state index in [2.05, 4.69) is 10.0 Å². The van der Waals surface area contributed by atoms with Crippen LogP contribution in [-0.4, -0.2) is 39.2 Å². The predicted octanol–water partition coefficient (Wildman–Crippen LogP) is 1.99. The van der Waals surface area contributed by atoms with Gasteiger partial charge in [0.15, 0.2) is 6.61 Å². The summed E-state index contributed by atoms with van der Waals surface area (Å²) in [5.41, 5.74) is 0.421. The molecular formula is C16H17N3O7S. The first-order valence-electron chi connectivity index (χ1n) is 7.51. The van der Waals surface area contributed by atoms with E-state index in [1.165, 1.54) is 49.6 Å². The van der Waals surface area contributed by atoms with Gasteiger partial charge in [0.25, 0.3) is 11.6 Å². The number of nitro groups is 1. The van der Waals surface area contributed by atoms with E-state index in [0.717, 1.165) is 6.26 Å². The Kier molecular flexibility index (Phi) is 6.19. The van der Waals surface area contributed by atoms with Gasteiger partial charge >= 0.3 is 0 Å². The van der Waals surface area contributed by atoms with E-state index in [4.69, 9.17) is 9.47 Å². The average molecular weight is 395 g/mol. The van der Waals surface area contributed by atoms with Gasteiger partial charge in [-0.1, -0.05) is 0 Å². The van der Waals surface area contributed by atoms with Crippen LogP contribution in [-0.2, 0) is 14.8 Å². The van der Waals surface area contributed by atoms with Gasteiger partial charge in [-0.3, -0.25) is 19.6 Å². The molecule has 2 aromatic carbocycles. The Bertz CT molecular complexity index is 943. The predicted molar refractivity (Wildman–Crippen MR) is 98.7 cm³/mol. The van der Waals surface area contributed by atoms with Crippen LogP contribution in [0.4, 0.5) is 17.1 Å². The lowest BCUT2D eigenvalue weighted by atomic mass is 10.2. The molecule has 11 heteroatoms. The van der Waals surface area contributed by atoms with Crippen molar-refractivity contribution < 1.29 is 27.6 Å². The Balaban J connectivity index is 2.00. The minimum atomic E-state index is -3.53. The highest BCUT2D eigenvalue weighted by Crippen LogP contribution is 2.28. The maximum absolute atomic E-state index is 12.0. The van der Waals surface area contributed by atoms with Gasteiger partial charge in [0.2, 0.25) is 10.0 Å². The summed E-state index contributed by atoms with van der Waals surface area (Å²) in [5, 5.41) is 13.1. The molecule has 0 unspecified atom stereocenters. The fourth-order valence-corrected chi connectivity index (χ4v) is 2.63. The minimum absolute atomic E-state index is 0.0871. The largest absolute Gasteiger partial charge is 0.495 e. The number of amides is 1. The Morgan fingerprint density at radius 3 is 2.41 bits per heavy atom. The molecule has 0 fully saturated rings. The number of rotatable bonds is 8. The van der Waals surface area contributed by atoms with Crippen molar-refractivity contribution in [2.45, 2.75) is 0 Å². The molecule has 0 saturated heterocycles. The molecule has 0 saturated carbocycles. The van der Waals surface area contributed by atoms with Gasteiger partial charge in [-0.2, -0.15) is 0 Å². The first-order chi connectivity index (χ1) is 12.7. The number of nitro benzene ring substituents is 1. The number of nitrogens with zero attached hydrogens (tertiary/aromatic N) is 1. The summed E-state index contributed by atoms with van der Waals surface area (Å²) in [6.45, 7) is -0.335. The van der Waals surface area contributed by atoms with E-state index in [1.807, 2.05) is 0 Å². The Labute approximate surface area is 155 Å². The SMILES string of the molecule is COc1ccc(NC(=O)COc2ccc([N+](=O)[O-])cc2)cc1NS(C)(=O)=O. The zero-order valence-electron chi connectivity index (χ0n) is 14.5. The second-order valence-corrected chi connectivity index (χ2v) is 7.13. The molecule has 27 heavy (non-hydrogen) atoms. The highest BCUT2D eigenvalue weighted by atomic mass is 32.2. The third-order valence-corrected chi connectivity index (χ3v) is 3.79. The second-order valence-electron chi connectivity index (χ2n) is 5.38. The van der Waals surface area contributed by atoms with Crippen molar-refractivity contribution in [1.82, 2.24) is 0 Å². The Morgan fingerprint density at radius 2 is 1.85 bits per heavy atom. The zero-order chi connectivity index (χ0) is 20.0. The smallest absolute Gasteiger partial charge is 0.269 e. The van der Waals surface area contributed by atoms with Gasteiger partial charge in [0.05, 0.1) is 24.0 Å². The van der Waals surface area contributed by atoms with Crippen LogP contribution in [0, 0.1) is 10.1 Å².